The zero-order valence-electron chi connectivity index (χ0n) is 7.62. The number of nitrogens with two attached hydrogens (primary N) is 1. The number of quaternary nitrogens is 1. The highest BCUT2D eigenvalue weighted by Gasteiger charge is 2.50. The van der Waals surface area contributed by atoms with Crippen molar-refractivity contribution in [3.05, 3.63) is 11.8 Å². The summed E-state index contributed by atoms with van der Waals surface area (Å²) < 4.78 is 5.17. The van der Waals surface area contributed by atoms with E-state index in [1.807, 2.05) is 18.4 Å². The van der Waals surface area contributed by atoms with Gasteiger partial charge in [0, 0.05) is 18.9 Å². The zero-order chi connectivity index (χ0) is 9.47. The van der Waals surface area contributed by atoms with Crippen molar-refractivity contribution < 1.29 is 20.0 Å². The van der Waals surface area contributed by atoms with Crippen LogP contribution in [0.5, 0.6) is 0 Å². The van der Waals surface area contributed by atoms with E-state index in [0.717, 1.165) is 18.5 Å². The summed E-state index contributed by atoms with van der Waals surface area (Å²) in [6.45, 7) is 0. The highest BCUT2D eigenvalue weighted by atomic mass is 16.6. The molecule has 0 radical (unpaired) electrons. The summed E-state index contributed by atoms with van der Waals surface area (Å²) in [5, 5.41) is 11.7. The van der Waals surface area contributed by atoms with Gasteiger partial charge in [-0.05, 0) is 0 Å². The highest BCUT2D eigenvalue weighted by molar-refractivity contribution is 5.74. The largest absolute Gasteiger partial charge is 0.452 e. The van der Waals surface area contributed by atoms with E-state index in [1.165, 1.54) is 0 Å². The first-order chi connectivity index (χ1) is 6.16. The molecule has 0 aromatic rings. The molecule has 13 heavy (non-hydrogen) atoms. The Balaban J connectivity index is 2.23. The smallest absolute Gasteiger partial charge is 0.309 e. The number of esters is 1. The fourth-order valence-electron chi connectivity index (χ4n) is 2.02. The first-order valence-corrected chi connectivity index (χ1v) is 4.57. The van der Waals surface area contributed by atoms with Gasteiger partial charge in [0.2, 0.25) is 0 Å². The van der Waals surface area contributed by atoms with Crippen LogP contribution in [0.15, 0.2) is 11.8 Å². The summed E-state index contributed by atoms with van der Waals surface area (Å²) in [5.74, 6) is -0.291. The summed E-state index contributed by atoms with van der Waals surface area (Å²) in [6.07, 6.45) is 2.98. The van der Waals surface area contributed by atoms with Crippen LogP contribution in [0.1, 0.15) is 19.3 Å². The van der Waals surface area contributed by atoms with Crippen LogP contribution in [-0.2, 0) is 9.53 Å². The monoisotopic (exact) mass is 184 g/mol. The maximum absolute atomic E-state index is 11.0. The van der Waals surface area contributed by atoms with Crippen molar-refractivity contribution in [1.82, 2.24) is 0 Å². The predicted octanol–water partition coefficient (Wildman–Crippen LogP) is -1.10. The topological polar surface area (TPSA) is 63.1 Å². The Morgan fingerprint density at radius 3 is 3.00 bits per heavy atom. The van der Waals surface area contributed by atoms with Gasteiger partial charge in [0.1, 0.15) is 11.8 Å². The van der Waals surface area contributed by atoms with Crippen molar-refractivity contribution >= 4 is 5.97 Å². The van der Waals surface area contributed by atoms with Gasteiger partial charge >= 0.3 is 5.97 Å². The molecule has 2 aliphatic rings. The van der Waals surface area contributed by atoms with Crippen LogP contribution in [0.25, 0.3) is 0 Å². The molecule has 4 heteroatoms. The van der Waals surface area contributed by atoms with Gasteiger partial charge in [0.05, 0.1) is 13.5 Å². The number of aliphatic hydroxyl groups excluding tert-OH is 1. The normalized spacial score (nSPS) is 38.2. The minimum absolute atomic E-state index is 0.132. The van der Waals surface area contributed by atoms with Crippen LogP contribution in [0.3, 0.4) is 0 Å². The molecule has 2 rings (SSSR count). The Morgan fingerprint density at radius 2 is 2.54 bits per heavy atom. The van der Waals surface area contributed by atoms with E-state index < -0.39 is 11.7 Å². The molecule has 2 unspecified atom stereocenters. The van der Waals surface area contributed by atoms with Gasteiger partial charge in [-0.15, -0.1) is 0 Å². The molecule has 1 fully saturated rings. The highest BCUT2D eigenvalue weighted by Crippen LogP contribution is 2.38. The summed E-state index contributed by atoms with van der Waals surface area (Å²) in [6, 6.07) is 0. The average Bonchev–Trinajstić information content (AvgIpc) is 2.59. The molecule has 4 nitrogen and oxygen atoms in total. The summed E-state index contributed by atoms with van der Waals surface area (Å²) >= 11 is 0. The number of aliphatic hydroxyl groups is 1. The van der Waals surface area contributed by atoms with Crippen molar-refractivity contribution in [3.8, 4) is 0 Å². The minimum atomic E-state index is -0.696. The molecule has 1 saturated heterocycles. The summed E-state index contributed by atoms with van der Waals surface area (Å²) in [5.41, 5.74) is 0.465. The molecular weight excluding hydrogens is 170 g/mol. The minimum Gasteiger partial charge on any atom is -0.452 e. The van der Waals surface area contributed by atoms with E-state index >= 15 is 0 Å². The molecule has 1 spiro atoms. The van der Waals surface area contributed by atoms with E-state index in [1.54, 1.807) is 0 Å². The predicted molar refractivity (Wildman–Crippen MR) is 44.6 cm³/mol. The van der Waals surface area contributed by atoms with Gasteiger partial charge in [0.15, 0.2) is 5.60 Å². The number of rotatable bonds is 1. The van der Waals surface area contributed by atoms with Gasteiger partial charge in [-0.1, -0.05) is 0 Å². The van der Waals surface area contributed by atoms with Crippen molar-refractivity contribution in [3.63, 3.8) is 0 Å². The number of carbonyl (C=O) groups excluding carboxylic acids is 1. The maximum Gasteiger partial charge on any atom is 0.309 e. The standard InChI is InChI=1S/C9H13NO3/c1-10-6-2-3-9(5-6)7(11)4-8(12)13-9/h5,7,10-11H,2-4H2,1H3/p+1. The average molecular weight is 184 g/mol. The Morgan fingerprint density at radius 1 is 1.77 bits per heavy atom. The van der Waals surface area contributed by atoms with E-state index in [0.29, 0.717) is 0 Å². The van der Waals surface area contributed by atoms with E-state index in [4.69, 9.17) is 4.74 Å². The van der Waals surface area contributed by atoms with Crippen molar-refractivity contribution in [2.45, 2.75) is 31.0 Å². The van der Waals surface area contributed by atoms with Gasteiger partial charge in [0.25, 0.3) is 0 Å². The fraction of sp³-hybridized carbons (Fsp3) is 0.667. The lowest BCUT2D eigenvalue weighted by atomic mass is 9.97. The molecule has 72 valence electrons. The zero-order valence-corrected chi connectivity index (χ0v) is 7.62. The molecule has 2 atom stereocenters. The molecule has 3 N–H and O–H groups in total. The van der Waals surface area contributed by atoms with E-state index in [2.05, 4.69) is 0 Å². The van der Waals surface area contributed by atoms with Gasteiger partial charge in [-0.25, -0.2) is 0 Å². The third-order valence-electron chi connectivity index (χ3n) is 2.83. The van der Waals surface area contributed by atoms with Gasteiger partial charge in [-0.2, -0.15) is 0 Å². The first kappa shape index (κ1) is 8.72. The number of hydrogen-bond donors (Lipinski definition) is 2. The molecule has 0 amide bonds. The summed E-state index contributed by atoms with van der Waals surface area (Å²) in [7, 11) is 1.95. The van der Waals surface area contributed by atoms with Crippen LogP contribution >= 0.6 is 0 Å². The lowest BCUT2D eigenvalue weighted by Crippen LogP contribution is -2.77. The Hall–Kier alpha value is -0.870. The van der Waals surface area contributed by atoms with Gasteiger partial charge in [-0.3, -0.25) is 4.79 Å². The van der Waals surface area contributed by atoms with Crippen molar-refractivity contribution in [2.24, 2.45) is 0 Å². The van der Waals surface area contributed by atoms with Gasteiger partial charge < -0.3 is 15.2 Å². The SMILES string of the molecule is C[NH2+]C1=CC2(CC1)OC(=O)CC2O. The number of hydrogen-bond acceptors (Lipinski definition) is 3. The molecule has 1 aliphatic heterocycles. The molecule has 0 aromatic heterocycles. The molecular formula is C9H14NO3+. The molecule has 0 saturated carbocycles. The lowest BCUT2D eigenvalue weighted by Gasteiger charge is -2.22. The van der Waals surface area contributed by atoms with Crippen LogP contribution in [0.4, 0.5) is 0 Å². The molecule has 0 bridgehead atoms. The number of ether oxygens (including phenoxy) is 1. The maximum atomic E-state index is 11.0. The third-order valence-corrected chi connectivity index (χ3v) is 2.83. The third kappa shape index (κ3) is 1.26. The van der Waals surface area contributed by atoms with Crippen molar-refractivity contribution in [1.29, 1.82) is 0 Å². The molecule has 1 aliphatic carbocycles. The first-order valence-electron chi connectivity index (χ1n) is 4.57. The molecule has 0 aromatic carbocycles. The molecule has 1 heterocycles. The Kier molecular flexibility index (Phi) is 1.89. The second-order valence-corrected chi connectivity index (χ2v) is 3.66. The number of allylic oxidation sites excluding steroid dienone is 1. The summed E-state index contributed by atoms with van der Waals surface area (Å²) in [4.78, 5) is 11.0. The quantitative estimate of drug-likeness (QED) is 0.509. The van der Waals surface area contributed by atoms with Crippen molar-refractivity contribution in [2.75, 3.05) is 7.05 Å². The second kappa shape index (κ2) is 2.82. The van der Waals surface area contributed by atoms with E-state index in [9.17, 15) is 9.90 Å². The second-order valence-electron chi connectivity index (χ2n) is 3.66. The Labute approximate surface area is 76.6 Å². The van der Waals surface area contributed by atoms with Crippen LogP contribution in [-0.4, -0.2) is 29.8 Å². The van der Waals surface area contributed by atoms with Crippen LogP contribution in [0, 0.1) is 0 Å². The van der Waals surface area contributed by atoms with Crippen LogP contribution < -0.4 is 5.32 Å². The lowest BCUT2D eigenvalue weighted by molar-refractivity contribution is -0.577. The number of carbonyl (C=O) groups is 1. The Bertz CT molecular complexity index is 274. The van der Waals surface area contributed by atoms with Crippen LogP contribution in [0.2, 0.25) is 0 Å². The fourth-order valence-corrected chi connectivity index (χ4v) is 2.02. The van der Waals surface area contributed by atoms with E-state index in [-0.39, 0.29) is 12.4 Å².